The number of benzene rings is 1. The summed E-state index contributed by atoms with van der Waals surface area (Å²) in [6.07, 6.45) is 5.68. The number of hydrogen-bond donors (Lipinski definition) is 2. The van der Waals surface area contributed by atoms with Gasteiger partial charge in [0.1, 0.15) is 40.6 Å². The predicted molar refractivity (Wildman–Crippen MR) is 118 cm³/mol. The lowest BCUT2D eigenvalue weighted by molar-refractivity contribution is 0.0957. The largest absolute Gasteiger partial charge is 0.356 e. The Morgan fingerprint density at radius 1 is 1.14 bits per heavy atom. The second-order valence-electron chi connectivity index (χ2n) is 7.66. The SMILES string of the molecule is CNC(=O)c1cc2nc(Cn3ccc4c(C(=O)c5c(F)cc(F)cc5F)c[nH]c4c3=O)cn2cn1. The molecule has 0 bridgehead atoms. The number of carbonyl (C=O) groups excluding carboxylic acids is 2. The molecule has 0 saturated carbocycles. The number of pyridine rings is 1. The molecule has 1 aromatic carbocycles. The highest BCUT2D eigenvalue weighted by Gasteiger charge is 2.24. The van der Waals surface area contributed by atoms with Gasteiger partial charge in [-0.05, 0) is 6.07 Å². The number of halogens is 3. The van der Waals surface area contributed by atoms with Crippen molar-refractivity contribution in [1.29, 1.82) is 0 Å². The van der Waals surface area contributed by atoms with Gasteiger partial charge in [0.25, 0.3) is 11.5 Å². The number of rotatable bonds is 5. The minimum Gasteiger partial charge on any atom is -0.356 e. The lowest BCUT2D eigenvalue weighted by Gasteiger charge is -2.05. The van der Waals surface area contributed by atoms with Gasteiger partial charge in [-0.15, -0.1) is 0 Å². The minimum absolute atomic E-state index is 0.0473. The van der Waals surface area contributed by atoms with Crippen molar-refractivity contribution in [2.75, 3.05) is 7.05 Å². The molecule has 1 amide bonds. The van der Waals surface area contributed by atoms with Crippen LogP contribution < -0.4 is 10.9 Å². The Labute approximate surface area is 193 Å². The maximum atomic E-state index is 14.1. The second kappa shape index (κ2) is 8.24. The number of nitrogens with one attached hydrogen (secondary N) is 2. The van der Waals surface area contributed by atoms with E-state index in [1.165, 1.54) is 42.5 Å². The number of hydrogen-bond acceptors (Lipinski definition) is 5. The molecule has 5 aromatic rings. The fraction of sp³-hybridized carbons (Fsp3) is 0.0870. The Hall–Kier alpha value is -4.74. The molecule has 0 saturated heterocycles. The normalized spacial score (nSPS) is 11.3. The maximum absolute atomic E-state index is 14.1. The molecule has 0 spiro atoms. The minimum atomic E-state index is -1.34. The number of carbonyl (C=O) groups is 2. The van der Waals surface area contributed by atoms with Gasteiger partial charge in [0.15, 0.2) is 0 Å². The molecule has 0 fully saturated rings. The monoisotopic (exact) mass is 480 g/mol. The molecule has 2 N–H and O–H groups in total. The van der Waals surface area contributed by atoms with Crippen LogP contribution in [-0.2, 0) is 6.54 Å². The number of aromatic amines is 1. The van der Waals surface area contributed by atoms with Gasteiger partial charge in [-0.1, -0.05) is 0 Å². The molecule has 4 heterocycles. The van der Waals surface area contributed by atoms with Gasteiger partial charge in [-0.2, -0.15) is 0 Å². The first kappa shape index (κ1) is 22.1. The van der Waals surface area contributed by atoms with Crippen molar-refractivity contribution in [3.63, 3.8) is 0 Å². The van der Waals surface area contributed by atoms with E-state index < -0.39 is 34.4 Å². The number of fused-ring (bicyclic) bond motifs is 2. The summed E-state index contributed by atoms with van der Waals surface area (Å²) < 4.78 is 44.4. The second-order valence-corrected chi connectivity index (χ2v) is 7.66. The van der Waals surface area contributed by atoms with Crippen LogP contribution in [0.4, 0.5) is 13.2 Å². The molecule has 0 aliphatic carbocycles. The Kier molecular flexibility index (Phi) is 5.20. The van der Waals surface area contributed by atoms with E-state index >= 15 is 0 Å². The molecule has 176 valence electrons. The summed E-state index contributed by atoms with van der Waals surface area (Å²) in [6, 6.07) is 3.80. The van der Waals surface area contributed by atoms with Crippen molar-refractivity contribution in [3.8, 4) is 0 Å². The first-order valence-corrected chi connectivity index (χ1v) is 10.2. The maximum Gasteiger partial charge on any atom is 0.275 e. The molecule has 12 heteroatoms. The van der Waals surface area contributed by atoms with Crippen molar-refractivity contribution in [3.05, 3.63) is 99.5 Å². The van der Waals surface area contributed by atoms with E-state index in [9.17, 15) is 27.6 Å². The predicted octanol–water partition coefficient (Wildman–Crippen LogP) is 2.43. The first-order chi connectivity index (χ1) is 16.8. The molecule has 0 radical (unpaired) electrons. The lowest BCUT2D eigenvalue weighted by Crippen LogP contribution is -2.20. The molecular weight excluding hydrogens is 465 g/mol. The van der Waals surface area contributed by atoms with Crippen LogP contribution in [0.5, 0.6) is 0 Å². The molecule has 9 nitrogen and oxygen atoms in total. The number of amides is 1. The molecule has 4 aromatic heterocycles. The molecule has 5 rings (SSSR count). The van der Waals surface area contributed by atoms with Crippen molar-refractivity contribution < 1.29 is 22.8 Å². The number of nitrogens with zero attached hydrogens (tertiary/aromatic N) is 4. The molecule has 0 atom stereocenters. The third-order valence-corrected chi connectivity index (χ3v) is 5.48. The summed E-state index contributed by atoms with van der Waals surface area (Å²) in [7, 11) is 1.49. The summed E-state index contributed by atoms with van der Waals surface area (Å²) in [5.74, 6) is -5.21. The fourth-order valence-electron chi connectivity index (χ4n) is 3.81. The van der Waals surface area contributed by atoms with Gasteiger partial charge < -0.3 is 14.9 Å². The topological polar surface area (TPSA) is 114 Å². The Bertz CT molecular complexity index is 1700. The Morgan fingerprint density at radius 3 is 2.60 bits per heavy atom. The van der Waals surface area contributed by atoms with Crippen molar-refractivity contribution in [2.24, 2.45) is 0 Å². The van der Waals surface area contributed by atoms with Gasteiger partial charge in [0.2, 0.25) is 5.78 Å². The standard InChI is InChI=1S/C23H15F3N6O3/c1-27-22(34)17-6-18-30-12(9-32(18)10-29-17)8-31-3-2-13-14(7-28-20(13)23(31)35)21(33)19-15(25)4-11(24)5-16(19)26/h2-7,9-10,28H,8H2,1H3,(H,27,34). The lowest BCUT2D eigenvalue weighted by atomic mass is 10.0. The molecule has 0 unspecified atom stereocenters. The van der Waals surface area contributed by atoms with Crippen molar-refractivity contribution in [2.45, 2.75) is 6.54 Å². The number of imidazole rings is 1. The summed E-state index contributed by atoms with van der Waals surface area (Å²) >= 11 is 0. The third kappa shape index (κ3) is 3.74. The van der Waals surface area contributed by atoms with Gasteiger partial charge in [-0.3, -0.25) is 18.8 Å². The van der Waals surface area contributed by atoms with E-state index in [0.29, 0.717) is 23.5 Å². The van der Waals surface area contributed by atoms with Crippen molar-refractivity contribution in [1.82, 2.24) is 29.2 Å². The highest BCUT2D eigenvalue weighted by Crippen LogP contribution is 2.23. The summed E-state index contributed by atoms with van der Waals surface area (Å²) in [5.41, 5.74) is -0.346. The Balaban J connectivity index is 1.49. The van der Waals surface area contributed by atoms with Crippen LogP contribution in [0.3, 0.4) is 0 Å². The molecule has 0 aliphatic rings. The van der Waals surface area contributed by atoms with Crippen LogP contribution in [0.25, 0.3) is 16.6 Å². The molecule has 0 aliphatic heterocycles. The van der Waals surface area contributed by atoms with Gasteiger partial charge >= 0.3 is 0 Å². The van der Waals surface area contributed by atoms with Crippen LogP contribution in [-0.4, -0.2) is 42.7 Å². The third-order valence-electron chi connectivity index (χ3n) is 5.48. The fourth-order valence-corrected chi connectivity index (χ4v) is 3.81. The molecular formula is C23H15F3N6O3. The number of aromatic nitrogens is 5. The quantitative estimate of drug-likeness (QED) is 0.375. The van der Waals surface area contributed by atoms with Gasteiger partial charge in [0, 0.05) is 54.8 Å². The zero-order valence-electron chi connectivity index (χ0n) is 18.0. The smallest absolute Gasteiger partial charge is 0.275 e. The summed E-state index contributed by atoms with van der Waals surface area (Å²) in [4.78, 5) is 48.7. The van der Waals surface area contributed by atoms with Crippen molar-refractivity contribution >= 4 is 28.2 Å². The molecule has 35 heavy (non-hydrogen) atoms. The number of ketones is 1. The van der Waals surface area contributed by atoms with E-state index in [0.717, 1.165) is 0 Å². The average molecular weight is 480 g/mol. The van der Waals surface area contributed by atoms with Crippen LogP contribution >= 0.6 is 0 Å². The summed E-state index contributed by atoms with van der Waals surface area (Å²) in [5, 5.41) is 2.64. The van der Waals surface area contributed by atoms with E-state index in [2.05, 4.69) is 20.3 Å². The first-order valence-electron chi connectivity index (χ1n) is 10.2. The van der Waals surface area contributed by atoms with Crippen LogP contribution in [0.2, 0.25) is 0 Å². The van der Waals surface area contributed by atoms with Crippen LogP contribution in [0, 0.1) is 17.5 Å². The van der Waals surface area contributed by atoms with E-state index in [1.54, 1.807) is 10.6 Å². The summed E-state index contributed by atoms with van der Waals surface area (Å²) in [6.45, 7) is 0.0648. The highest BCUT2D eigenvalue weighted by molar-refractivity contribution is 6.16. The van der Waals surface area contributed by atoms with E-state index in [1.807, 2.05) is 0 Å². The van der Waals surface area contributed by atoms with E-state index in [-0.39, 0.29) is 34.6 Å². The zero-order valence-corrected chi connectivity index (χ0v) is 18.0. The highest BCUT2D eigenvalue weighted by atomic mass is 19.1. The van der Waals surface area contributed by atoms with Gasteiger partial charge in [-0.25, -0.2) is 23.1 Å². The number of H-pyrrole nitrogens is 1. The van der Waals surface area contributed by atoms with Crippen LogP contribution in [0.1, 0.15) is 32.1 Å². The Morgan fingerprint density at radius 2 is 1.89 bits per heavy atom. The zero-order chi connectivity index (χ0) is 24.9. The van der Waals surface area contributed by atoms with Gasteiger partial charge in [0.05, 0.1) is 17.8 Å². The van der Waals surface area contributed by atoms with Crippen LogP contribution in [0.15, 0.2) is 54.0 Å². The average Bonchev–Trinajstić information content (AvgIpc) is 3.43. The van der Waals surface area contributed by atoms with E-state index in [4.69, 9.17) is 0 Å².